The molecule has 0 bridgehead atoms. The van der Waals surface area contributed by atoms with Crippen molar-refractivity contribution in [2.24, 2.45) is 12.5 Å². The highest BCUT2D eigenvalue weighted by Gasteiger charge is 2.58. The minimum absolute atomic E-state index is 0.0680. The Kier molecular flexibility index (Phi) is 4.85. The van der Waals surface area contributed by atoms with E-state index in [1.807, 2.05) is 39.9 Å². The predicted octanol–water partition coefficient (Wildman–Crippen LogP) is 2.24. The maximum Gasteiger partial charge on any atom is 0.254 e. The molecule has 2 saturated heterocycles. The number of imidazole rings is 1. The lowest BCUT2D eigenvalue weighted by Gasteiger charge is -2.27. The highest BCUT2D eigenvalue weighted by atomic mass is 32.1. The van der Waals surface area contributed by atoms with Gasteiger partial charge >= 0.3 is 0 Å². The first kappa shape index (κ1) is 19.9. The number of carbonyl (C=O) groups excluding carboxylic acids is 2. The molecule has 2 aliphatic rings. The van der Waals surface area contributed by atoms with E-state index in [-0.39, 0.29) is 17.7 Å². The molecule has 0 saturated carbocycles. The largest absolute Gasteiger partial charge is 0.340 e. The molecule has 2 amide bonds. The summed E-state index contributed by atoms with van der Waals surface area (Å²) in [4.78, 5) is 43.7. The Morgan fingerprint density at radius 3 is 2.81 bits per heavy atom. The molecule has 9 heteroatoms. The molecule has 3 aromatic rings. The molecular formula is C22H24N6O2S. The summed E-state index contributed by atoms with van der Waals surface area (Å²) in [7, 11) is 1.92. The Morgan fingerprint density at radius 2 is 2.13 bits per heavy atom. The van der Waals surface area contributed by atoms with E-state index in [0.29, 0.717) is 38.2 Å². The van der Waals surface area contributed by atoms with E-state index >= 15 is 0 Å². The monoisotopic (exact) mass is 436 g/mol. The van der Waals surface area contributed by atoms with Crippen LogP contribution in [0.15, 0.2) is 42.4 Å². The molecule has 0 unspecified atom stereocenters. The minimum Gasteiger partial charge on any atom is -0.340 e. The standard InChI is InChI=1S/C22H24N6O2S/c1-15-25-17(12-31-15)9-27-8-5-22(21(27)30)13-28(20(29)16-3-6-23-7-4-16)10-18(22)19-11-26(2)14-24-19/h3-4,6-7,11-12,14,18H,5,8-10,13H2,1-2H3/t18-,22+/m1/s1. The quantitative estimate of drug-likeness (QED) is 0.626. The van der Waals surface area contributed by atoms with E-state index in [1.54, 1.807) is 42.2 Å². The van der Waals surface area contributed by atoms with Crippen LogP contribution in [0.3, 0.4) is 0 Å². The van der Waals surface area contributed by atoms with Crippen molar-refractivity contribution in [2.45, 2.75) is 25.8 Å². The van der Waals surface area contributed by atoms with Crippen LogP contribution >= 0.6 is 11.3 Å². The van der Waals surface area contributed by atoms with Gasteiger partial charge in [0.1, 0.15) is 0 Å². The van der Waals surface area contributed by atoms with Gasteiger partial charge in [-0.1, -0.05) is 0 Å². The Bertz CT molecular complexity index is 1130. The third-order valence-corrected chi connectivity index (χ3v) is 7.22. The van der Waals surface area contributed by atoms with Crippen molar-refractivity contribution in [1.29, 1.82) is 0 Å². The third-order valence-electron chi connectivity index (χ3n) is 6.40. The van der Waals surface area contributed by atoms with Gasteiger partial charge in [-0.2, -0.15) is 0 Å². The number of amides is 2. The second kappa shape index (κ2) is 7.56. The molecular weight excluding hydrogens is 412 g/mol. The third kappa shape index (κ3) is 3.42. The van der Waals surface area contributed by atoms with E-state index in [9.17, 15) is 9.59 Å². The van der Waals surface area contributed by atoms with Gasteiger partial charge in [-0.25, -0.2) is 9.97 Å². The van der Waals surface area contributed by atoms with Crippen molar-refractivity contribution in [3.63, 3.8) is 0 Å². The molecule has 1 spiro atoms. The summed E-state index contributed by atoms with van der Waals surface area (Å²) in [5.41, 5.74) is 1.73. The molecule has 0 aromatic carbocycles. The van der Waals surface area contributed by atoms with Gasteiger partial charge in [0.15, 0.2) is 0 Å². The number of rotatable bonds is 4. The first-order valence-corrected chi connectivity index (χ1v) is 11.2. The van der Waals surface area contributed by atoms with Crippen LogP contribution in [0, 0.1) is 12.3 Å². The first-order valence-electron chi connectivity index (χ1n) is 10.3. The normalized spacial score (nSPS) is 23.3. The molecule has 0 radical (unpaired) electrons. The Balaban J connectivity index is 1.45. The van der Waals surface area contributed by atoms with Crippen LogP contribution in [0.4, 0.5) is 0 Å². The molecule has 31 heavy (non-hydrogen) atoms. The summed E-state index contributed by atoms with van der Waals surface area (Å²) < 4.78 is 1.89. The average molecular weight is 437 g/mol. The minimum atomic E-state index is -0.651. The molecule has 3 aromatic heterocycles. The number of hydrogen-bond acceptors (Lipinski definition) is 6. The fourth-order valence-electron chi connectivity index (χ4n) is 4.89. The Hall–Kier alpha value is -3.07. The van der Waals surface area contributed by atoms with Crippen LogP contribution in [0.5, 0.6) is 0 Å². The highest BCUT2D eigenvalue weighted by Crippen LogP contribution is 2.50. The topological polar surface area (TPSA) is 84.2 Å². The van der Waals surface area contributed by atoms with E-state index < -0.39 is 5.41 Å². The van der Waals surface area contributed by atoms with E-state index in [1.165, 1.54) is 0 Å². The SMILES string of the molecule is Cc1nc(CN2CC[C@@]3(CN(C(=O)c4ccncc4)C[C@@H]3c3cn(C)cn3)C2=O)cs1. The van der Waals surface area contributed by atoms with E-state index in [2.05, 4.69) is 15.0 Å². The zero-order valence-corrected chi connectivity index (χ0v) is 18.4. The lowest BCUT2D eigenvalue weighted by atomic mass is 9.75. The Labute approximate surface area is 184 Å². The van der Waals surface area contributed by atoms with Crippen molar-refractivity contribution in [2.75, 3.05) is 19.6 Å². The second-order valence-corrected chi connectivity index (χ2v) is 9.49. The predicted molar refractivity (Wildman–Crippen MR) is 115 cm³/mol. The fraction of sp³-hybridized carbons (Fsp3) is 0.409. The summed E-state index contributed by atoms with van der Waals surface area (Å²) in [6.07, 6.45) is 7.66. The van der Waals surface area contributed by atoms with Crippen LogP contribution in [0.25, 0.3) is 0 Å². The van der Waals surface area contributed by atoms with Crippen molar-refractivity contribution in [3.05, 3.63) is 64.4 Å². The zero-order chi connectivity index (χ0) is 21.6. The van der Waals surface area contributed by atoms with Crippen molar-refractivity contribution >= 4 is 23.2 Å². The van der Waals surface area contributed by atoms with Crippen LogP contribution in [-0.4, -0.2) is 60.8 Å². The van der Waals surface area contributed by atoms with Gasteiger partial charge in [0.2, 0.25) is 5.91 Å². The van der Waals surface area contributed by atoms with Gasteiger partial charge in [-0.05, 0) is 25.5 Å². The van der Waals surface area contributed by atoms with Gasteiger partial charge < -0.3 is 14.4 Å². The number of carbonyl (C=O) groups is 2. The summed E-state index contributed by atoms with van der Waals surface area (Å²) >= 11 is 1.60. The molecule has 8 nitrogen and oxygen atoms in total. The molecule has 0 aliphatic carbocycles. The molecule has 0 N–H and O–H groups in total. The van der Waals surface area contributed by atoms with Gasteiger partial charge in [0.05, 0.1) is 34.7 Å². The van der Waals surface area contributed by atoms with Gasteiger partial charge in [0.25, 0.3) is 5.91 Å². The van der Waals surface area contributed by atoms with Gasteiger partial charge in [-0.15, -0.1) is 11.3 Å². The van der Waals surface area contributed by atoms with Crippen LogP contribution in [0.1, 0.15) is 39.1 Å². The fourth-order valence-corrected chi connectivity index (χ4v) is 5.49. The lowest BCUT2D eigenvalue weighted by Crippen LogP contribution is -2.40. The maximum absolute atomic E-state index is 13.8. The summed E-state index contributed by atoms with van der Waals surface area (Å²) in [5, 5.41) is 3.01. The van der Waals surface area contributed by atoms with Crippen molar-refractivity contribution < 1.29 is 9.59 Å². The number of nitrogens with zero attached hydrogens (tertiary/aromatic N) is 6. The molecule has 5 heterocycles. The van der Waals surface area contributed by atoms with Gasteiger partial charge in [0, 0.05) is 62.1 Å². The van der Waals surface area contributed by atoms with Crippen LogP contribution < -0.4 is 0 Å². The number of aryl methyl sites for hydroxylation is 2. The summed E-state index contributed by atoms with van der Waals surface area (Å²) in [6.45, 7) is 4.03. The second-order valence-electron chi connectivity index (χ2n) is 8.43. The van der Waals surface area contributed by atoms with Crippen molar-refractivity contribution in [1.82, 2.24) is 29.3 Å². The number of hydrogen-bond donors (Lipinski definition) is 0. The average Bonchev–Trinajstić information content (AvgIpc) is 3.54. The number of aromatic nitrogens is 4. The molecule has 2 aliphatic heterocycles. The number of thiazole rings is 1. The molecule has 2 atom stereocenters. The first-order chi connectivity index (χ1) is 15.0. The molecule has 160 valence electrons. The Morgan fingerprint density at radius 1 is 1.32 bits per heavy atom. The van der Waals surface area contributed by atoms with Gasteiger partial charge in [-0.3, -0.25) is 14.6 Å². The maximum atomic E-state index is 13.8. The van der Waals surface area contributed by atoms with Crippen molar-refractivity contribution in [3.8, 4) is 0 Å². The van der Waals surface area contributed by atoms with Crippen LogP contribution in [0.2, 0.25) is 0 Å². The summed E-state index contributed by atoms with van der Waals surface area (Å²) in [5.74, 6) is -0.102. The number of likely N-dealkylation sites (tertiary alicyclic amines) is 2. The smallest absolute Gasteiger partial charge is 0.254 e. The van der Waals surface area contributed by atoms with E-state index in [4.69, 9.17) is 0 Å². The molecule has 2 fully saturated rings. The van der Waals surface area contributed by atoms with Crippen LogP contribution in [-0.2, 0) is 18.4 Å². The zero-order valence-electron chi connectivity index (χ0n) is 17.6. The summed E-state index contributed by atoms with van der Waals surface area (Å²) in [6, 6.07) is 3.44. The lowest BCUT2D eigenvalue weighted by molar-refractivity contribution is -0.136. The molecule has 5 rings (SSSR count). The number of pyridine rings is 1. The highest BCUT2D eigenvalue weighted by molar-refractivity contribution is 7.09. The van der Waals surface area contributed by atoms with E-state index in [0.717, 1.165) is 16.4 Å².